The van der Waals surface area contributed by atoms with Gasteiger partial charge in [-0.05, 0) is 48.9 Å². The summed E-state index contributed by atoms with van der Waals surface area (Å²) in [6.07, 6.45) is -0.740. The van der Waals surface area contributed by atoms with E-state index in [1.165, 1.54) is 24.3 Å². The van der Waals surface area contributed by atoms with Crippen LogP contribution in [0.3, 0.4) is 0 Å². The highest BCUT2D eigenvalue weighted by molar-refractivity contribution is 5.29. The SMILES string of the molecule is CCOc1ccc(C(O)COc2ccc(F)cc2)cc1. The first-order valence-corrected chi connectivity index (χ1v) is 6.48. The Hall–Kier alpha value is -2.07. The Balaban J connectivity index is 1.90. The Labute approximate surface area is 117 Å². The summed E-state index contributed by atoms with van der Waals surface area (Å²) in [6, 6.07) is 12.9. The molecule has 4 heteroatoms. The van der Waals surface area contributed by atoms with Gasteiger partial charge in [0.2, 0.25) is 0 Å². The number of rotatable bonds is 6. The van der Waals surface area contributed by atoms with Crippen molar-refractivity contribution in [1.29, 1.82) is 0 Å². The lowest BCUT2D eigenvalue weighted by molar-refractivity contribution is 0.108. The monoisotopic (exact) mass is 276 g/mol. The molecule has 1 unspecified atom stereocenters. The van der Waals surface area contributed by atoms with Gasteiger partial charge in [-0.15, -0.1) is 0 Å². The van der Waals surface area contributed by atoms with Gasteiger partial charge < -0.3 is 14.6 Å². The number of hydrogen-bond donors (Lipinski definition) is 1. The second kappa shape index (κ2) is 6.91. The highest BCUT2D eigenvalue weighted by atomic mass is 19.1. The molecular formula is C16H17FO3. The van der Waals surface area contributed by atoms with Crippen molar-refractivity contribution in [3.63, 3.8) is 0 Å². The van der Waals surface area contributed by atoms with E-state index in [0.717, 1.165) is 11.3 Å². The van der Waals surface area contributed by atoms with Gasteiger partial charge in [0.15, 0.2) is 0 Å². The van der Waals surface area contributed by atoms with Crippen LogP contribution in [0.4, 0.5) is 4.39 Å². The molecule has 0 heterocycles. The molecule has 2 aromatic rings. The zero-order chi connectivity index (χ0) is 14.4. The fourth-order valence-corrected chi connectivity index (χ4v) is 1.76. The number of benzene rings is 2. The van der Waals surface area contributed by atoms with Crippen LogP contribution in [0.25, 0.3) is 0 Å². The molecular weight excluding hydrogens is 259 g/mol. The molecule has 2 aromatic carbocycles. The minimum atomic E-state index is -0.740. The molecule has 0 aliphatic carbocycles. The topological polar surface area (TPSA) is 38.7 Å². The van der Waals surface area contributed by atoms with Gasteiger partial charge in [-0.1, -0.05) is 12.1 Å². The van der Waals surface area contributed by atoms with Crippen molar-refractivity contribution in [1.82, 2.24) is 0 Å². The summed E-state index contributed by atoms with van der Waals surface area (Å²) in [5.74, 6) is 0.976. The van der Waals surface area contributed by atoms with Crippen LogP contribution in [-0.2, 0) is 0 Å². The average molecular weight is 276 g/mol. The van der Waals surface area contributed by atoms with Crippen molar-refractivity contribution in [3.8, 4) is 11.5 Å². The summed E-state index contributed by atoms with van der Waals surface area (Å²) in [5, 5.41) is 10.0. The van der Waals surface area contributed by atoms with Crippen LogP contribution in [0.2, 0.25) is 0 Å². The molecule has 0 aliphatic rings. The van der Waals surface area contributed by atoms with E-state index in [0.29, 0.717) is 12.4 Å². The third kappa shape index (κ3) is 3.96. The molecule has 106 valence electrons. The maximum atomic E-state index is 12.7. The summed E-state index contributed by atoms with van der Waals surface area (Å²) >= 11 is 0. The van der Waals surface area contributed by atoms with Gasteiger partial charge in [0.05, 0.1) is 6.61 Å². The highest BCUT2D eigenvalue weighted by Gasteiger charge is 2.08. The normalized spacial score (nSPS) is 11.9. The molecule has 0 amide bonds. The standard InChI is InChI=1S/C16H17FO3/c1-2-19-14-7-3-12(4-8-14)16(18)11-20-15-9-5-13(17)6-10-15/h3-10,16,18H,2,11H2,1H3. The Morgan fingerprint density at radius 2 is 1.50 bits per heavy atom. The molecule has 3 nitrogen and oxygen atoms in total. The second-order valence-corrected chi connectivity index (χ2v) is 4.28. The molecule has 0 aromatic heterocycles. The van der Waals surface area contributed by atoms with Crippen LogP contribution in [0.5, 0.6) is 11.5 Å². The number of aliphatic hydroxyl groups excluding tert-OH is 1. The number of aliphatic hydroxyl groups is 1. The van der Waals surface area contributed by atoms with E-state index in [2.05, 4.69) is 0 Å². The second-order valence-electron chi connectivity index (χ2n) is 4.28. The molecule has 20 heavy (non-hydrogen) atoms. The first-order valence-electron chi connectivity index (χ1n) is 6.48. The van der Waals surface area contributed by atoms with E-state index < -0.39 is 6.10 Å². The van der Waals surface area contributed by atoms with Crippen molar-refractivity contribution in [2.75, 3.05) is 13.2 Å². The van der Waals surface area contributed by atoms with Gasteiger partial charge in [-0.2, -0.15) is 0 Å². The zero-order valence-corrected chi connectivity index (χ0v) is 11.3. The van der Waals surface area contributed by atoms with Crippen molar-refractivity contribution in [2.45, 2.75) is 13.0 Å². The number of ether oxygens (including phenoxy) is 2. The lowest BCUT2D eigenvalue weighted by Crippen LogP contribution is -2.09. The van der Waals surface area contributed by atoms with E-state index in [4.69, 9.17) is 9.47 Å². The quantitative estimate of drug-likeness (QED) is 0.879. The van der Waals surface area contributed by atoms with E-state index in [9.17, 15) is 9.50 Å². The molecule has 0 radical (unpaired) electrons. The summed E-state index contributed by atoms with van der Waals surface area (Å²) < 4.78 is 23.5. The Kier molecular flexibility index (Phi) is 4.96. The lowest BCUT2D eigenvalue weighted by Gasteiger charge is -2.13. The van der Waals surface area contributed by atoms with Gasteiger partial charge in [-0.3, -0.25) is 0 Å². The zero-order valence-electron chi connectivity index (χ0n) is 11.3. The van der Waals surface area contributed by atoms with Crippen molar-refractivity contribution >= 4 is 0 Å². The average Bonchev–Trinajstić information content (AvgIpc) is 2.47. The van der Waals surface area contributed by atoms with Gasteiger partial charge in [0, 0.05) is 0 Å². The maximum Gasteiger partial charge on any atom is 0.123 e. The molecule has 0 spiro atoms. The van der Waals surface area contributed by atoms with E-state index >= 15 is 0 Å². The Morgan fingerprint density at radius 1 is 0.950 bits per heavy atom. The van der Waals surface area contributed by atoms with Gasteiger partial charge >= 0.3 is 0 Å². The van der Waals surface area contributed by atoms with E-state index in [1.807, 2.05) is 6.92 Å². The fraction of sp³-hybridized carbons (Fsp3) is 0.250. The van der Waals surface area contributed by atoms with Crippen molar-refractivity contribution in [2.24, 2.45) is 0 Å². The number of hydrogen-bond acceptors (Lipinski definition) is 3. The fourth-order valence-electron chi connectivity index (χ4n) is 1.76. The highest BCUT2D eigenvalue weighted by Crippen LogP contribution is 2.19. The predicted molar refractivity (Wildman–Crippen MR) is 74.5 cm³/mol. The first kappa shape index (κ1) is 14.3. The molecule has 0 bridgehead atoms. The molecule has 0 aliphatic heterocycles. The Morgan fingerprint density at radius 3 is 2.10 bits per heavy atom. The van der Waals surface area contributed by atoms with Crippen LogP contribution < -0.4 is 9.47 Å². The third-order valence-corrected chi connectivity index (χ3v) is 2.80. The summed E-state index contributed by atoms with van der Waals surface area (Å²) in [7, 11) is 0. The molecule has 0 saturated carbocycles. The minimum absolute atomic E-state index is 0.111. The van der Waals surface area contributed by atoms with Crippen LogP contribution >= 0.6 is 0 Å². The molecule has 0 saturated heterocycles. The van der Waals surface area contributed by atoms with Gasteiger partial charge in [-0.25, -0.2) is 4.39 Å². The number of halogens is 1. The van der Waals surface area contributed by atoms with Crippen molar-refractivity contribution < 1.29 is 19.0 Å². The first-order chi connectivity index (χ1) is 9.69. The van der Waals surface area contributed by atoms with Crippen molar-refractivity contribution in [3.05, 3.63) is 59.9 Å². The predicted octanol–water partition coefficient (Wildman–Crippen LogP) is 3.34. The summed E-state index contributed by atoms with van der Waals surface area (Å²) in [4.78, 5) is 0. The van der Waals surface area contributed by atoms with Gasteiger partial charge in [0.25, 0.3) is 0 Å². The summed E-state index contributed by atoms with van der Waals surface area (Å²) in [6.45, 7) is 2.63. The van der Waals surface area contributed by atoms with Crippen LogP contribution in [0.1, 0.15) is 18.6 Å². The molecule has 0 fully saturated rings. The third-order valence-electron chi connectivity index (χ3n) is 2.80. The largest absolute Gasteiger partial charge is 0.494 e. The molecule has 1 N–H and O–H groups in total. The smallest absolute Gasteiger partial charge is 0.123 e. The lowest BCUT2D eigenvalue weighted by atomic mass is 10.1. The van der Waals surface area contributed by atoms with E-state index in [1.54, 1.807) is 24.3 Å². The maximum absolute atomic E-state index is 12.7. The minimum Gasteiger partial charge on any atom is -0.494 e. The Bertz CT molecular complexity index is 522. The van der Waals surface area contributed by atoms with Crippen LogP contribution in [-0.4, -0.2) is 18.3 Å². The van der Waals surface area contributed by atoms with Crippen LogP contribution in [0.15, 0.2) is 48.5 Å². The van der Waals surface area contributed by atoms with Gasteiger partial charge in [0.1, 0.15) is 30.0 Å². The van der Waals surface area contributed by atoms with Crippen LogP contribution in [0, 0.1) is 5.82 Å². The molecule has 1 atom stereocenters. The van der Waals surface area contributed by atoms with E-state index in [-0.39, 0.29) is 12.4 Å². The molecule has 2 rings (SSSR count). The summed E-state index contributed by atoms with van der Waals surface area (Å²) in [5.41, 5.74) is 0.746.